The molecule has 178 valence electrons. The van der Waals surface area contributed by atoms with Gasteiger partial charge in [-0.25, -0.2) is 0 Å². The minimum absolute atomic E-state index is 0.00397. The highest BCUT2D eigenvalue weighted by Crippen LogP contribution is 2.40. The predicted octanol–water partition coefficient (Wildman–Crippen LogP) is 4.44. The maximum Gasteiger partial charge on any atom is 0.295 e. The number of H-pyrrole nitrogens is 1. The van der Waals surface area contributed by atoms with Gasteiger partial charge in [-0.05, 0) is 66.6 Å². The average molecular weight is 472 g/mol. The SMILES string of the molecule is COc1ccc(C(O)=C2C(=O)C(=O)N(CCc3c[nH]c4ccc(OC)cc34)[C@@H]2c2ccco2)cc1. The summed E-state index contributed by atoms with van der Waals surface area (Å²) in [6.45, 7) is 0.249. The molecule has 2 aromatic carbocycles. The lowest BCUT2D eigenvalue weighted by Crippen LogP contribution is -2.31. The van der Waals surface area contributed by atoms with E-state index in [-0.39, 0.29) is 17.9 Å². The number of Topliss-reactive ketones (excluding diaryl/α,β-unsaturated/α-hetero) is 1. The summed E-state index contributed by atoms with van der Waals surface area (Å²) in [7, 11) is 3.15. The lowest BCUT2D eigenvalue weighted by molar-refractivity contribution is -0.140. The topological polar surface area (TPSA) is 105 Å². The fraction of sp³-hybridized carbons (Fsp3) is 0.185. The van der Waals surface area contributed by atoms with Gasteiger partial charge in [0.25, 0.3) is 11.7 Å². The maximum atomic E-state index is 13.1. The lowest BCUT2D eigenvalue weighted by Gasteiger charge is -2.23. The Morgan fingerprint density at radius 2 is 1.80 bits per heavy atom. The van der Waals surface area contributed by atoms with Gasteiger partial charge in [-0.3, -0.25) is 9.59 Å². The van der Waals surface area contributed by atoms with E-state index in [1.165, 1.54) is 11.2 Å². The molecule has 0 bridgehead atoms. The van der Waals surface area contributed by atoms with E-state index in [0.717, 1.165) is 22.2 Å². The average Bonchev–Trinajstić information content (AvgIpc) is 3.61. The monoisotopic (exact) mass is 472 g/mol. The Kier molecular flexibility index (Phi) is 5.78. The van der Waals surface area contributed by atoms with Crippen molar-refractivity contribution in [3.63, 3.8) is 0 Å². The second kappa shape index (κ2) is 9.06. The Hall–Kier alpha value is -4.46. The maximum absolute atomic E-state index is 13.1. The normalized spacial score (nSPS) is 17.3. The summed E-state index contributed by atoms with van der Waals surface area (Å²) in [4.78, 5) is 30.9. The summed E-state index contributed by atoms with van der Waals surface area (Å²) < 4.78 is 16.1. The molecule has 1 atom stereocenters. The molecule has 2 N–H and O–H groups in total. The van der Waals surface area contributed by atoms with E-state index >= 15 is 0 Å². The number of hydrogen-bond acceptors (Lipinski definition) is 6. The number of amides is 1. The van der Waals surface area contributed by atoms with Crippen LogP contribution in [0.2, 0.25) is 0 Å². The number of ether oxygens (including phenoxy) is 2. The highest BCUT2D eigenvalue weighted by atomic mass is 16.5. The van der Waals surface area contributed by atoms with E-state index in [2.05, 4.69) is 4.98 Å². The van der Waals surface area contributed by atoms with Crippen molar-refractivity contribution in [1.82, 2.24) is 9.88 Å². The molecule has 1 aliphatic rings. The van der Waals surface area contributed by atoms with Crippen molar-refractivity contribution < 1.29 is 28.6 Å². The van der Waals surface area contributed by atoms with Crippen LogP contribution in [-0.4, -0.2) is 47.4 Å². The molecule has 1 saturated heterocycles. The van der Waals surface area contributed by atoms with Crippen LogP contribution in [0, 0.1) is 0 Å². The van der Waals surface area contributed by atoms with E-state index in [1.807, 2.05) is 24.4 Å². The van der Waals surface area contributed by atoms with Gasteiger partial charge in [0.1, 0.15) is 29.1 Å². The molecule has 0 saturated carbocycles. The number of furan rings is 1. The van der Waals surface area contributed by atoms with Gasteiger partial charge in [0.2, 0.25) is 0 Å². The third kappa shape index (κ3) is 3.93. The van der Waals surface area contributed by atoms with Crippen molar-refractivity contribution in [3.05, 3.63) is 89.5 Å². The van der Waals surface area contributed by atoms with E-state index in [4.69, 9.17) is 13.9 Å². The molecule has 0 radical (unpaired) electrons. The lowest BCUT2D eigenvalue weighted by atomic mass is 9.99. The fourth-order valence-electron chi connectivity index (χ4n) is 4.49. The van der Waals surface area contributed by atoms with Gasteiger partial charge in [-0.15, -0.1) is 0 Å². The number of aromatic nitrogens is 1. The zero-order chi connectivity index (χ0) is 24.5. The summed E-state index contributed by atoms with van der Waals surface area (Å²) in [5, 5.41) is 12.1. The minimum Gasteiger partial charge on any atom is -0.507 e. The summed E-state index contributed by atoms with van der Waals surface area (Å²) in [6, 6.07) is 14.9. The van der Waals surface area contributed by atoms with E-state index in [0.29, 0.717) is 23.5 Å². The molecule has 1 aliphatic heterocycles. The van der Waals surface area contributed by atoms with Gasteiger partial charge in [-0.2, -0.15) is 0 Å². The van der Waals surface area contributed by atoms with E-state index in [9.17, 15) is 14.7 Å². The third-order valence-electron chi connectivity index (χ3n) is 6.31. The van der Waals surface area contributed by atoms with Gasteiger partial charge in [0, 0.05) is 29.2 Å². The molecule has 4 aromatic rings. The third-order valence-corrected chi connectivity index (χ3v) is 6.31. The number of nitrogens with one attached hydrogen (secondary N) is 1. The van der Waals surface area contributed by atoms with Crippen LogP contribution in [0.1, 0.15) is 22.9 Å². The Balaban J connectivity index is 1.51. The Bertz CT molecular complexity index is 1420. The van der Waals surface area contributed by atoms with Crippen molar-refractivity contribution >= 4 is 28.4 Å². The Morgan fingerprint density at radius 1 is 1.06 bits per heavy atom. The van der Waals surface area contributed by atoms with Crippen molar-refractivity contribution in [2.45, 2.75) is 12.5 Å². The summed E-state index contributed by atoms with van der Waals surface area (Å²) >= 11 is 0. The van der Waals surface area contributed by atoms with Crippen LogP contribution in [0.3, 0.4) is 0 Å². The summed E-state index contributed by atoms with van der Waals surface area (Å²) in [5.41, 5.74) is 2.33. The number of fused-ring (bicyclic) bond motifs is 1. The Labute approximate surface area is 201 Å². The smallest absolute Gasteiger partial charge is 0.295 e. The molecule has 1 fully saturated rings. The molecule has 0 unspecified atom stereocenters. The fourth-order valence-corrected chi connectivity index (χ4v) is 4.49. The number of carbonyl (C=O) groups is 2. The number of nitrogens with zero attached hydrogens (tertiary/aromatic N) is 1. The summed E-state index contributed by atoms with van der Waals surface area (Å²) in [5.74, 6) is 0.0552. The van der Waals surface area contributed by atoms with Crippen LogP contribution >= 0.6 is 0 Å². The molecular formula is C27H24N2O6. The molecule has 8 nitrogen and oxygen atoms in total. The molecule has 2 aromatic heterocycles. The molecule has 5 rings (SSSR count). The molecule has 1 amide bonds. The number of benzene rings is 2. The van der Waals surface area contributed by atoms with Crippen molar-refractivity contribution in [3.8, 4) is 11.5 Å². The summed E-state index contributed by atoms with van der Waals surface area (Å²) in [6.07, 6.45) is 3.86. The molecule has 8 heteroatoms. The first-order chi connectivity index (χ1) is 17.0. The molecular weight excluding hydrogens is 448 g/mol. The second-order valence-electron chi connectivity index (χ2n) is 8.21. The Morgan fingerprint density at radius 3 is 2.49 bits per heavy atom. The van der Waals surface area contributed by atoms with Gasteiger partial charge >= 0.3 is 0 Å². The van der Waals surface area contributed by atoms with E-state index in [1.54, 1.807) is 50.6 Å². The molecule has 3 heterocycles. The second-order valence-corrected chi connectivity index (χ2v) is 8.21. The molecule has 0 aliphatic carbocycles. The van der Waals surface area contributed by atoms with Crippen LogP contribution in [-0.2, 0) is 16.0 Å². The van der Waals surface area contributed by atoms with Crippen molar-refractivity contribution in [2.75, 3.05) is 20.8 Å². The zero-order valence-corrected chi connectivity index (χ0v) is 19.3. The van der Waals surface area contributed by atoms with Crippen LogP contribution in [0.5, 0.6) is 11.5 Å². The van der Waals surface area contributed by atoms with Crippen LogP contribution in [0.4, 0.5) is 0 Å². The number of rotatable bonds is 7. The number of methoxy groups -OCH3 is 2. The number of carbonyl (C=O) groups excluding carboxylic acids is 2. The van der Waals surface area contributed by atoms with Gasteiger partial charge in [0.15, 0.2) is 0 Å². The molecule has 0 spiro atoms. The van der Waals surface area contributed by atoms with Crippen LogP contribution in [0.15, 0.2) is 77.0 Å². The first-order valence-corrected chi connectivity index (χ1v) is 11.1. The predicted molar refractivity (Wildman–Crippen MR) is 129 cm³/mol. The molecule has 35 heavy (non-hydrogen) atoms. The number of aliphatic hydroxyl groups excluding tert-OH is 1. The highest BCUT2D eigenvalue weighted by Gasteiger charge is 2.47. The van der Waals surface area contributed by atoms with Gasteiger partial charge < -0.3 is 28.9 Å². The minimum atomic E-state index is -0.841. The standard InChI is InChI=1S/C27H24N2O6/c1-33-18-7-5-16(6-8-18)25(30)23-24(22-4-3-13-35-22)29(27(32)26(23)31)12-11-17-15-28-21-10-9-19(34-2)14-20(17)21/h3-10,13-15,24,28,30H,11-12H2,1-2H3/t24-/m1/s1. The van der Waals surface area contributed by atoms with Crippen LogP contribution < -0.4 is 9.47 Å². The van der Waals surface area contributed by atoms with Gasteiger partial charge in [0.05, 0.1) is 26.1 Å². The largest absolute Gasteiger partial charge is 0.507 e. The van der Waals surface area contributed by atoms with Crippen LogP contribution in [0.25, 0.3) is 16.7 Å². The highest BCUT2D eigenvalue weighted by molar-refractivity contribution is 6.46. The number of aromatic amines is 1. The first-order valence-electron chi connectivity index (χ1n) is 11.1. The van der Waals surface area contributed by atoms with Crippen molar-refractivity contribution in [2.24, 2.45) is 0 Å². The first kappa shape index (κ1) is 22.3. The van der Waals surface area contributed by atoms with E-state index < -0.39 is 17.7 Å². The van der Waals surface area contributed by atoms with Gasteiger partial charge in [-0.1, -0.05) is 0 Å². The number of ketones is 1. The quantitative estimate of drug-likeness (QED) is 0.234. The van der Waals surface area contributed by atoms with Crippen molar-refractivity contribution in [1.29, 1.82) is 0 Å². The number of aliphatic hydroxyl groups is 1. The zero-order valence-electron chi connectivity index (χ0n) is 19.3. The number of hydrogen-bond donors (Lipinski definition) is 2. The number of likely N-dealkylation sites (tertiary alicyclic amines) is 1.